The van der Waals surface area contributed by atoms with Crippen LogP contribution < -0.4 is 10.2 Å². The summed E-state index contributed by atoms with van der Waals surface area (Å²) in [6.07, 6.45) is -4.73. The Kier molecular flexibility index (Phi) is 6.30. The molecule has 1 N–H and O–H groups in total. The predicted molar refractivity (Wildman–Crippen MR) is 133 cm³/mol. The summed E-state index contributed by atoms with van der Waals surface area (Å²) in [5.41, 5.74) is 2.12. The molecule has 0 bridgehead atoms. The predicted octanol–water partition coefficient (Wildman–Crippen LogP) is 7.46. The van der Waals surface area contributed by atoms with E-state index < -0.39 is 18.1 Å². The van der Waals surface area contributed by atoms with E-state index in [1.165, 1.54) is 12.1 Å². The molecule has 0 spiro atoms. The number of benzene rings is 3. The summed E-state index contributed by atoms with van der Waals surface area (Å²) in [5, 5.41) is 4.03. The monoisotopic (exact) mass is 530 g/mol. The van der Waals surface area contributed by atoms with E-state index in [1.807, 2.05) is 12.1 Å². The lowest BCUT2D eigenvalue weighted by Crippen LogP contribution is -2.45. The van der Waals surface area contributed by atoms with Crippen LogP contribution in [0.5, 0.6) is 0 Å². The van der Waals surface area contributed by atoms with Gasteiger partial charge in [0.1, 0.15) is 0 Å². The van der Waals surface area contributed by atoms with Gasteiger partial charge in [0.25, 0.3) is 0 Å². The highest BCUT2D eigenvalue weighted by molar-refractivity contribution is 6.31. The van der Waals surface area contributed by atoms with Gasteiger partial charge in [-0.3, -0.25) is 14.5 Å². The summed E-state index contributed by atoms with van der Waals surface area (Å²) in [6, 6.07) is 18.3. The lowest BCUT2D eigenvalue weighted by molar-refractivity contribution is -0.170. The Morgan fingerprint density at radius 3 is 2.31 bits per heavy atom. The summed E-state index contributed by atoms with van der Waals surface area (Å²) < 4.78 is 41.7. The minimum Gasteiger partial charge on any atom is -0.357 e. The number of hydrogen-bond acceptors (Lipinski definition) is 3. The molecular formula is C27H19Cl2F3N2O2. The fraction of sp³-hybridized carbons (Fsp3) is 0.185. The Morgan fingerprint density at radius 2 is 1.61 bits per heavy atom. The smallest absolute Gasteiger partial charge is 0.357 e. The third-order valence-corrected chi connectivity index (χ3v) is 6.94. The van der Waals surface area contributed by atoms with E-state index in [0.717, 1.165) is 5.56 Å². The van der Waals surface area contributed by atoms with E-state index in [-0.39, 0.29) is 34.4 Å². The fourth-order valence-corrected chi connectivity index (χ4v) is 5.24. The maximum absolute atomic E-state index is 13.9. The van der Waals surface area contributed by atoms with Gasteiger partial charge in [-0.2, -0.15) is 13.2 Å². The zero-order valence-electron chi connectivity index (χ0n) is 18.7. The van der Waals surface area contributed by atoms with Gasteiger partial charge in [-0.1, -0.05) is 59.6 Å². The number of amides is 1. The Labute approximate surface area is 215 Å². The van der Waals surface area contributed by atoms with Gasteiger partial charge in [0.15, 0.2) is 5.78 Å². The average Bonchev–Trinajstić information content (AvgIpc) is 2.98. The van der Waals surface area contributed by atoms with Crippen molar-refractivity contribution in [3.8, 4) is 0 Å². The summed E-state index contributed by atoms with van der Waals surface area (Å²) in [4.78, 5) is 27.3. The van der Waals surface area contributed by atoms with E-state index in [2.05, 4.69) is 5.32 Å². The number of para-hydroxylation sites is 2. The standard InChI is InChI=1S/C27H19Cl2F3N2O2/c28-18-10-8-15(9-11-18)17-13-21-24(23(35)14-17)25(16-4-3-5-19(29)12-16)34(26(36)27(30,31)32)22-7-2-1-6-20(22)33-21/h1-12,17,25,33H,13-14H2/t17-,25+/m0/s1. The molecule has 0 radical (unpaired) electrons. The lowest BCUT2D eigenvalue weighted by Gasteiger charge is -2.35. The van der Waals surface area contributed by atoms with Gasteiger partial charge in [0.2, 0.25) is 0 Å². The number of hydrogen-bond donors (Lipinski definition) is 1. The summed E-state index contributed by atoms with van der Waals surface area (Å²) in [5.74, 6) is -2.62. The Hall–Kier alpha value is -3.29. The van der Waals surface area contributed by atoms with Crippen LogP contribution in [0.2, 0.25) is 10.0 Å². The quantitative estimate of drug-likeness (QED) is 0.374. The normalized spacial score (nSPS) is 19.8. The second-order valence-electron chi connectivity index (χ2n) is 8.74. The molecule has 3 aromatic carbocycles. The number of nitrogens with zero attached hydrogens (tertiary/aromatic N) is 1. The van der Waals surface area contributed by atoms with E-state index in [4.69, 9.17) is 23.2 Å². The van der Waals surface area contributed by atoms with Gasteiger partial charge >= 0.3 is 12.1 Å². The first-order chi connectivity index (χ1) is 17.1. The summed E-state index contributed by atoms with van der Waals surface area (Å²) in [6.45, 7) is 0. The molecule has 0 saturated heterocycles. The van der Waals surface area contributed by atoms with Crippen molar-refractivity contribution in [2.24, 2.45) is 0 Å². The second kappa shape index (κ2) is 9.30. The van der Waals surface area contributed by atoms with Crippen LogP contribution in [0.4, 0.5) is 24.5 Å². The number of rotatable bonds is 2. The number of carbonyl (C=O) groups excluding carboxylic acids is 2. The summed E-state index contributed by atoms with van der Waals surface area (Å²) in [7, 11) is 0. The first-order valence-corrected chi connectivity index (χ1v) is 11.9. The highest BCUT2D eigenvalue weighted by Crippen LogP contribution is 2.48. The van der Waals surface area contributed by atoms with Crippen LogP contribution in [-0.2, 0) is 9.59 Å². The SMILES string of the molecule is O=C1C[C@@H](c2ccc(Cl)cc2)CC2=C1[C@@H](c1cccc(Cl)c1)N(C(=O)C(F)(F)F)c1ccccc1N2. The molecule has 1 amide bonds. The van der Waals surface area contributed by atoms with Crippen molar-refractivity contribution in [1.82, 2.24) is 0 Å². The highest BCUT2D eigenvalue weighted by atomic mass is 35.5. The number of ketones is 1. The number of carbonyl (C=O) groups is 2. The van der Waals surface area contributed by atoms with Crippen LogP contribution in [0, 0.1) is 0 Å². The summed E-state index contributed by atoms with van der Waals surface area (Å²) >= 11 is 12.2. The van der Waals surface area contributed by atoms with Gasteiger partial charge in [-0.15, -0.1) is 0 Å². The van der Waals surface area contributed by atoms with E-state index in [1.54, 1.807) is 48.5 Å². The molecule has 9 heteroatoms. The molecule has 4 nitrogen and oxygen atoms in total. The first-order valence-electron chi connectivity index (χ1n) is 11.2. The first kappa shape index (κ1) is 24.4. The number of anilines is 2. The molecule has 184 valence electrons. The molecule has 0 aromatic heterocycles. The molecule has 0 saturated carbocycles. The fourth-order valence-electron chi connectivity index (χ4n) is 4.91. The number of allylic oxidation sites excluding steroid dienone is 1. The van der Waals surface area contributed by atoms with Gasteiger partial charge in [0, 0.05) is 27.7 Å². The van der Waals surface area contributed by atoms with Gasteiger partial charge < -0.3 is 5.32 Å². The van der Waals surface area contributed by atoms with Crippen molar-refractivity contribution < 1.29 is 22.8 Å². The molecular weight excluding hydrogens is 512 g/mol. The number of nitrogens with one attached hydrogen (secondary N) is 1. The molecule has 1 aliphatic carbocycles. The maximum atomic E-state index is 13.9. The molecule has 1 aliphatic heterocycles. The average molecular weight is 531 g/mol. The zero-order valence-corrected chi connectivity index (χ0v) is 20.2. The topological polar surface area (TPSA) is 49.4 Å². The van der Waals surface area contributed by atoms with Crippen molar-refractivity contribution in [3.05, 3.63) is 105 Å². The molecule has 2 aliphatic rings. The molecule has 3 aromatic rings. The molecule has 36 heavy (non-hydrogen) atoms. The largest absolute Gasteiger partial charge is 0.471 e. The van der Waals surface area contributed by atoms with Crippen molar-refractivity contribution in [2.75, 3.05) is 10.2 Å². The van der Waals surface area contributed by atoms with Crippen LogP contribution in [0.1, 0.15) is 35.9 Å². The highest BCUT2D eigenvalue weighted by Gasteiger charge is 2.50. The zero-order chi connectivity index (χ0) is 25.6. The minimum atomic E-state index is -5.17. The Morgan fingerprint density at radius 1 is 0.889 bits per heavy atom. The van der Waals surface area contributed by atoms with Crippen LogP contribution in [0.15, 0.2) is 84.1 Å². The molecule has 1 heterocycles. The minimum absolute atomic E-state index is 0.0232. The van der Waals surface area contributed by atoms with Crippen molar-refractivity contribution in [1.29, 1.82) is 0 Å². The molecule has 0 unspecified atom stereocenters. The number of alkyl halides is 3. The van der Waals surface area contributed by atoms with Gasteiger partial charge in [-0.25, -0.2) is 0 Å². The maximum Gasteiger partial charge on any atom is 0.471 e. The van der Waals surface area contributed by atoms with Gasteiger partial charge in [-0.05, 0) is 59.9 Å². The van der Waals surface area contributed by atoms with Crippen LogP contribution in [0.3, 0.4) is 0 Å². The van der Waals surface area contributed by atoms with Crippen LogP contribution in [-0.4, -0.2) is 17.9 Å². The van der Waals surface area contributed by atoms with E-state index >= 15 is 0 Å². The van der Waals surface area contributed by atoms with E-state index in [9.17, 15) is 22.8 Å². The Bertz CT molecular complexity index is 1390. The number of fused-ring (bicyclic) bond motifs is 1. The van der Waals surface area contributed by atoms with Crippen molar-refractivity contribution in [3.63, 3.8) is 0 Å². The van der Waals surface area contributed by atoms with Gasteiger partial charge in [0.05, 0.1) is 17.4 Å². The van der Waals surface area contributed by atoms with Crippen molar-refractivity contribution in [2.45, 2.75) is 31.0 Å². The number of halogens is 5. The molecule has 0 fully saturated rings. The third-order valence-electron chi connectivity index (χ3n) is 6.46. The Balaban J connectivity index is 1.73. The van der Waals surface area contributed by atoms with Crippen LogP contribution in [0.25, 0.3) is 0 Å². The number of Topliss-reactive ketones (excluding diaryl/α,β-unsaturated/α-hetero) is 1. The third kappa shape index (κ3) is 4.49. The van der Waals surface area contributed by atoms with E-state index in [0.29, 0.717) is 33.3 Å². The van der Waals surface area contributed by atoms with Crippen molar-refractivity contribution >= 4 is 46.3 Å². The van der Waals surface area contributed by atoms with Crippen LogP contribution >= 0.6 is 23.2 Å². The molecule has 5 rings (SSSR count). The molecule has 2 atom stereocenters. The second-order valence-corrected chi connectivity index (χ2v) is 9.62. The lowest BCUT2D eigenvalue weighted by atomic mass is 9.78.